The topological polar surface area (TPSA) is 88.5 Å². The molecule has 1 atom stereocenters. The van der Waals surface area contributed by atoms with Crippen LogP contribution in [0.1, 0.15) is 56.3 Å². The smallest absolute Gasteiger partial charge is 0.410 e. The van der Waals surface area contributed by atoms with Gasteiger partial charge in [-0.15, -0.1) is 0 Å². The van der Waals surface area contributed by atoms with Crippen molar-refractivity contribution in [3.8, 4) is 0 Å². The van der Waals surface area contributed by atoms with E-state index in [0.29, 0.717) is 70.3 Å². The molecule has 0 radical (unpaired) electrons. The first-order chi connectivity index (χ1) is 15.6. The molecule has 8 nitrogen and oxygen atoms in total. The van der Waals surface area contributed by atoms with Gasteiger partial charge in [0.05, 0.1) is 19.3 Å². The Labute approximate surface area is 199 Å². The molecule has 3 aliphatic heterocycles. The Bertz CT molecular complexity index is 909. The lowest BCUT2D eigenvalue weighted by Crippen LogP contribution is -2.53. The third-order valence-corrected chi connectivity index (χ3v) is 6.68. The molecule has 33 heavy (non-hydrogen) atoms. The van der Waals surface area contributed by atoms with Crippen molar-refractivity contribution in [1.82, 2.24) is 9.80 Å². The molecule has 0 aliphatic carbocycles. The maximum Gasteiger partial charge on any atom is 0.410 e. The number of morpholine rings is 1. The normalized spacial score (nSPS) is 23.1. The maximum atomic E-state index is 13.3. The fraction of sp³-hybridized carbons (Fsp3) is 0.667. The van der Waals surface area contributed by atoms with E-state index in [1.807, 2.05) is 32.9 Å². The minimum Gasteiger partial charge on any atom is -0.444 e. The van der Waals surface area contributed by atoms with Crippen LogP contribution in [0.2, 0.25) is 5.02 Å². The molecule has 0 spiro atoms. The van der Waals surface area contributed by atoms with Gasteiger partial charge in [-0.1, -0.05) is 11.6 Å². The molecule has 1 aromatic rings. The van der Waals surface area contributed by atoms with Gasteiger partial charge < -0.3 is 24.2 Å². The first-order valence-electron chi connectivity index (χ1n) is 11.6. The summed E-state index contributed by atoms with van der Waals surface area (Å²) in [5.74, 6) is -0.263. The molecule has 0 bridgehead atoms. The number of halogens is 1. The quantitative estimate of drug-likeness (QED) is 0.699. The van der Waals surface area contributed by atoms with E-state index in [4.69, 9.17) is 25.8 Å². The molecule has 182 valence electrons. The van der Waals surface area contributed by atoms with Crippen molar-refractivity contribution < 1.29 is 28.9 Å². The van der Waals surface area contributed by atoms with Gasteiger partial charge >= 0.3 is 6.09 Å². The minimum absolute atomic E-state index is 0.263. The average Bonchev–Trinajstić information content (AvgIpc) is 2.77. The molecule has 3 heterocycles. The highest BCUT2D eigenvalue weighted by molar-refractivity contribution is 6.30. The third kappa shape index (κ3) is 5.29. The summed E-state index contributed by atoms with van der Waals surface area (Å²) < 4.78 is 16.7. The van der Waals surface area contributed by atoms with Crippen molar-refractivity contribution in [2.24, 2.45) is 0 Å². The number of benzene rings is 1. The second-order valence-electron chi connectivity index (χ2n) is 10.0. The number of ether oxygens (including phenoxy) is 3. The van der Waals surface area contributed by atoms with E-state index in [-0.39, 0.29) is 11.9 Å². The predicted molar refractivity (Wildman–Crippen MR) is 122 cm³/mol. The van der Waals surface area contributed by atoms with Crippen LogP contribution in [0.3, 0.4) is 0 Å². The van der Waals surface area contributed by atoms with Crippen molar-refractivity contribution in [3.05, 3.63) is 33.8 Å². The van der Waals surface area contributed by atoms with Crippen LogP contribution in [-0.2, 0) is 32.0 Å². The zero-order valence-electron chi connectivity index (χ0n) is 19.6. The molecule has 0 saturated carbocycles. The molecule has 2 amide bonds. The van der Waals surface area contributed by atoms with Gasteiger partial charge in [0.25, 0.3) is 5.91 Å². The van der Waals surface area contributed by atoms with E-state index < -0.39 is 17.3 Å². The number of aliphatic hydroxyl groups is 1. The second kappa shape index (κ2) is 9.41. The number of hydrogen-bond donors (Lipinski definition) is 1. The van der Waals surface area contributed by atoms with Crippen molar-refractivity contribution in [2.45, 2.75) is 63.8 Å². The first-order valence-corrected chi connectivity index (χ1v) is 11.9. The molecule has 2 fully saturated rings. The molecule has 9 heteroatoms. The highest BCUT2D eigenvalue weighted by Crippen LogP contribution is 2.36. The van der Waals surface area contributed by atoms with Crippen LogP contribution in [0.15, 0.2) is 12.1 Å². The molecule has 1 aromatic carbocycles. The number of carbonyl (C=O) groups is 2. The van der Waals surface area contributed by atoms with E-state index in [1.165, 1.54) is 0 Å². The summed E-state index contributed by atoms with van der Waals surface area (Å²) in [7, 11) is 0. The van der Waals surface area contributed by atoms with E-state index in [0.717, 1.165) is 16.7 Å². The summed E-state index contributed by atoms with van der Waals surface area (Å²) in [6.07, 6.45) is 0.822. The molecule has 1 N–H and O–H groups in total. The van der Waals surface area contributed by atoms with Gasteiger partial charge in [-0.25, -0.2) is 4.79 Å². The van der Waals surface area contributed by atoms with Crippen molar-refractivity contribution in [3.63, 3.8) is 0 Å². The standard InChI is InChI=1S/C24H33ClN2O6/c1-23(2,3)33-22(29)27-8-11-32-15-20(27)18-13-17(25)12-16-4-7-26(14-19(16)18)21(28)24(30)5-9-31-10-6-24/h12-13,20,30H,4-11,14-15H2,1-3H3. The predicted octanol–water partition coefficient (Wildman–Crippen LogP) is 3.07. The summed E-state index contributed by atoms with van der Waals surface area (Å²) in [5.41, 5.74) is 0.864. The Kier molecular flexibility index (Phi) is 6.92. The zero-order valence-corrected chi connectivity index (χ0v) is 20.3. The van der Waals surface area contributed by atoms with Gasteiger partial charge in [0.2, 0.25) is 0 Å². The second-order valence-corrected chi connectivity index (χ2v) is 10.5. The van der Waals surface area contributed by atoms with Gasteiger partial charge in [-0.3, -0.25) is 9.69 Å². The van der Waals surface area contributed by atoms with Crippen molar-refractivity contribution >= 4 is 23.6 Å². The van der Waals surface area contributed by atoms with E-state index in [1.54, 1.807) is 9.80 Å². The Morgan fingerprint density at radius 2 is 1.88 bits per heavy atom. The fourth-order valence-electron chi connectivity index (χ4n) is 4.75. The minimum atomic E-state index is -1.39. The van der Waals surface area contributed by atoms with Crippen LogP contribution in [0.5, 0.6) is 0 Å². The van der Waals surface area contributed by atoms with Crippen molar-refractivity contribution in [2.75, 3.05) is 39.5 Å². The fourth-order valence-corrected chi connectivity index (χ4v) is 5.00. The largest absolute Gasteiger partial charge is 0.444 e. The Morgan fingerprint density at radius 3 is 2.58 bits per heavy atom. The number of rotatable bonds is 2. The van der Waals surface area contributed by atoms with Crippen LogP contribution >= 0.6 is 11.6 Å². The van der Waals surface area contributed by atoms with Crippen LogP contribution < -0.4 is 0 Å². The molecular weight excluding hydrogens is 448 g/mol. The van der Waals surface area contributed by atoms with Crippen LogP contribution in [0, 0.1) is 0 Å². The summed E-state index contributed by atoms with van der Waals surface area (Å²) >= 11 is 6.47. The van der Waals surface area contributed by atoms with Gasteiger partial charge in [-0.05, 0) is 56.0 Å². The van der Waals surface area contributed by atoms with E-state index in [9.17, 15) is 14.7 Å². The van der Waals surface area contributed by atoms with Gasteiger partial charge in [0, 0.05) is 50.7 Å². The molecule has 2 saturated heterocycles. The van der Waals surface area contributed by atoms with Crippen LogP contribution in [-0.4, -0.2) is 77.6 Å². The molecule has 0 aromatic heterocycles. The summed E-state index contributed by atoms with van der Waals surface area (Å²) in [4.78, 5) is 29.6. The van der Waals surface area contributed by atoms with Crippen LogP contribution in [0.25, 0.3) is 0 Å². The Morgan fingerprint density at radius 1 is 1.15 bits per heavy atom. The van der Waals surface area contributed by atoms with E-state index >= 15 is 0 Å². The van der Waals surface area contributed by atoms with E-state index in [2.05, 4.69) is 0 Å². The Hall–Kier alpha value is -1.87. The average molecular weight is 481 g/mol. The molecule has 3 aliphatic rings. The highest BCUT2D eigenvalue weighted by Gasteiger charge is 2.42. The lowest BCUT2D eigenvalue weighted by Gasteiger charge is -2.41. The SMILES string of the molecule is CC(C)(C)OC(=O)N1CCOCC1c1cc(Cl)cc2c1CN(C(=O)C1(O)CCOCC1)CC2. The lowest BCUT2D eigenvalue weighted by atomic mass is 9.88. The number of carbonyl (C=O) groups excluding carboxylic acids is 2. The summed E-state index contributed by atoms with van der Waals surface area (Å²) in [6, 6.07) is 3.41. The highest BCUT2D eigenvalue weighted by atomic mass is 35.5. The van der Waals surface area contributed by atoms with Gasteiger partial charge in [0.15, 0.2) is 0 Å². The monoisotopic (exact) mass is 480 g/mol. The Balaban J connectivity index is 1.63. The number of nitrogens with zero attached hydrogens (tertiary/aromatic N) is 2. The van der Waals surface area contributed by atoms with Crippen molar-refractivity contribution in [1.29, 1.82) is 0 Å². The molecule has 1 unspecified atom stereocenters. The molecule has 4 rings (SSSR count). The number of amides is 2. The lowest BCUT2D eigenvalue weighted by molar-refractivity contribution is -0.161. The number of hydrogen-bond acceptors (Lipinski definition) is 6. The molecular formula is C24H33ClN2O6. The summed E-state index contributed by atoms with van der Waals surface area (Å²) in [6.45, 7) is 8.27. The zero-order chi connectivity index (χ0) is 23.8. The maximum absolute atomic E-state index is 13.3. The van der Waals surface area contributed by atoms with Gasteiger partial charge in [0.1, 0.15) is 11.2 Å². The first kappa shape index (κ1) is 24.3. The number of fused-ring (bicyclic) bond motifs is 1. The van der Waals surface area contributed by atoms with Crippen LogP contribution in [0.4, 0.5) is 4.79 Å². The summed E-state index contributed by atoms with van der Waals surface area (Å²) in [5, 5.41) is 11.5. The third-order valence-electron chi connectivity index (χ3n) is 6.46. The van der Waals surface area contributed by atoms with Gasteiger partial charge in [-0.2, -0.15) is 0 Å².